The highest BCUT2D eigenvalue weighted by atomic mass is 35.5. The number of nitrogens with one attached hydrogen (secondary N) is 4. The van der Waals surface area contributed by atoms with Gasteiger partial charge in [0.15, 0.2) is 0 Å². The number of fused-ring (bicyclic) bond motifs is 1. The highest BCUT2D eigenvalue weighted by molar-refractivity contribution is 6.35. The average molecular weight is 471 g/mol. The second-order valence-electron chi connectivity index (χ2n) is 7.89. The lowest BCUT2D eigenvalue weighted by Crippen LogP contribution is -2.30. The molecule has 3 amide bonds. The summed E-state index contributed by atoms with van der Waals surface area (Å²) in [6.45, 7) is 8.33. The minimum Gasteiger partial charge on any atom is -0.352 e. The minimum absolute atomic E-state index is 0.0836. The fourth-order valence-corrected chi connectivity index (χ4v) is 4.57. The van der Waals surface area contributed by atoms with Crippen molar-refractivity contribution in [2.75, 3.05) is 32.7 Å². The molecule has 2 aromatic carbocycles. The Hall–Kier alpha value is -2.90. The second-order valence-corrected chi connectivity index (χ2v) is 8.27. The largest absolute Gasteiger partial charge is 0.352 e. The standard InChI is InChI=1S/C25H31ClN4O3/c1-4-28-23(31)16-9-7-15(8-10-16)20-14-27-12-11-17-18(20)13-19(24(32)29-5-2)21(22(17)26)25(33)30-6-3/h7-10,13,20,27H,4-6,11-12,14H2,1-3H3,(H,28,31)(H,29,32)(H,30,33)/t20-/m1/s1. The molecule has 8 heteroatoms. The van der Waals surface area contributed by atoms with E-state index in [9.17, 15) is 14.4 Å². The zero-order valence-corrected chi connectivity index (χ0v) is 20.1. The lowest BCUT2D eigenvalue weighted by Gasteiger charge is -2.22. The maximum absolute atomic E-state index is 12.9. The number of hydrogen-bond acceptors (Lipinski definition) is 4. The van der Waals surface area contributed by atoms with Crippen molar-refractivity contribution in [1.29, 1.82) is 0 Å². The molecule has 1 aliphatic heterocycles. The van der Waals surface area contributed by atoms with E-state index in [0.717, 1.165) is 16.7 Å². The molecule has 0 spiro atoms. The maximum Gasteiger partial charge on any atom is 0.253 e. The zero-order valence-electron chi connectivity index (χ0n) is 19.3. The molecule has 1 aliphatic rings. The van der Waals surface area contributed by atoms with Crippen molar-refractivity contribution in [2.45, 2.75) is 33.1 Å². The summed E-state index contributed by atoms with van der Waals surface area (Å²) < 4.78 is 0. The Labute approximate surface area is 199 Å². The summed E-state index contributed by atoms with van der Waals surface area (Å²) in [7, 11) is 0. The molecule has 176 valence electrons. The van der Waals surface area contributed by atoms with E-state index in [0.29, 0.717) is 49.7 Å². The summed E-state index contributed by atoms with van der Waals surface area (Å²) in [5, 5.41) is 12.1. The van der Waals surface area contributed by atoms with Crippen molar-refractivity contribution in [3.05, 3.63) is 68.7 Å². The number of hydrogen-bond donors (Lipinski definition) is 4. The summed E-state index contributed by atoms with van der Waals surface area (Å²) in [5.74, 6) is -0.881. The van der Waals surface area contributed by atoms with Crippen LogP contribution < -0.4 is 21.3 Å². The van der Waals surface area contributed by atoms with E-state index in [2.05, 4.69) is 21.3 Å². The first-order chi connectivity index (χ1) is 15.9. The lowest BCUT2D eigenvalue weighted by molar-refractivity contribution is 0.0921. The summed E-state index contributed by atoms with van der Waals surface area (Å²) in [6.07, 6.45) is 0.643. The molecule has 2 aromatic rings. The lowest BCUT2D eigenvalue weighted by atomic mass is 9.84. The van der Waals surface area contributed by atoms with Gasteiger partial charge in [0, 0.05) is 37.7 Å². The van der Waals surface area contributed by atoms with Gasteiger partial charge in [0.25, 0.3) is 17.7 Å². The topological polar surface area (TPSA) is 99.3 Å². The van der Waals surface area contributed by atoms with Gasteiger partial charge in [0.1, 0.15) is 0 Å². The Morgan fingerprint density at radius 3 is 2.18 bits per heavy atom. The van der Waals surface area contributed by atoms with Gasteiger partial charge < -0.3 is 21.3 Å². The number of carbonyl (C=O) groups excluding carboxylic acids is 3. The Balaban J connectivity index is 2.12. The van der Waals surface area contributed by atoms with Crippen LogP contribution in [0, 0.1) is 0 Å². The van der Waals surface area contributed by atoms with E-state index in [1.807, 2.05) is 39.0 Å². The molecule has 0 aromatic heterocycles. The molecular formula is C25H31ClN4O3. The number of amides is 3. The fourth-order valence-electron chi connectivity index (χ4n) is 4.18. The number of rotatable bonds is 7. The smallest absolute Gasteiger partial charge is 0.253 e. The Kier molecular flexibility index (Phi) is 8.47. The highest BCUT2D eigenvalue weighted by Gasteiger charge is 2.29. The molecule has 3 rings (SSSR count). The molecule has 33 heavy (non-hydrogen) atoms. The average Bonchev–Trinajstić information content (AvgIpc) is 3.02. The molecular weight excluding hydrogens is 440 g/mol. The van der Waals surface area contributed by atoms with Crippen molar-refractivity contribution in [1.82, 2.24) is 21.3 Å². The SMILES string of the molecule is CCNC(=O)c1ccc([C@H]2CNCCc3c2cc(C(=O)NCC)c(C(=O)NCC)c3Cl)cc1. The van der Waals surface area contributed by atoms with Gasteiger partial charge >= 0.3 is 0 Å². The van der Waals surface area contributed by atoms with Gasteiger partial charge in [-0.05, 0) is 68.6 Å². The van der Waals surface area contributed by atoms with Crippen LogP contribution in [0.25, 0.3) is 0 Å². The summed E-state index contributed by atoms with van der Waals surface area (Å²) in [6, 6.07) is 9.29. The quantitative estimate of drug-likeness (QED) is 0.500. The number of benzene rings is 2. The van der Waals surface area contributed by atoms with E-state index < -0.39 is 0 Å². The number of carbonyl (C=O) groups is 3. The summed E-state index contributed by atoms with van der Waals surface area (Å²) in [4.78, 5) is 37.9. The summed E-state index contributed by atoms with van der Waals surface area (Å²) >= 11 is 6.81. The van der Waals surface area contributed by atoms with Gasteiger partial charge in [-0.2, -0.15) is 0 Å². The molecule has 0 saturated carbocycles. The predicted octanol–water partition coefficient (Wildman–Crippen LogP) is 2.87. The van der Waals surface area contributed by atoms with Gasteiger partial charge in [-0.1, -0.05) is 23.7 Å². The third-order valence-electron chi connectivity index (χ3n) is 5.74. The molecule has 1 heterocycles. The van der Waals surface area contributed by atoms with Crippen LogP contribution in [0.1, 0.15) is 74.5 Å². The van der Waals surface area contributed by atoms with E-state index >= 15 is 0 Å². The van der Waals surface area contributed by atoms with Gasteiger partial charge in [-0.3, -0.25) is 14.4 Å². The third kappa shape index (κ3) is 5.37. The molecule has 4 N–H and O–H groups in total. The van der Waals surface area contributed by atoms with Crippen LogP contribution >= 0.6 is 11.6 Å². The molecule has 0 bridgehead atoms. The fraction of sp³-hybridized carbons (Fsp3) is 0.400. The Morgan fingerprint density at radius 2 is 1.55 bits per heavy atom. The molecule has 7 nitrogen and oxygen atoms in total. The van der Waals surface area contributed by atoms with E-state index in [1.54, 1.807) is 12.1 Å². The summed E-state index contributed by atoms with van der Waals surface area (Å²) in [5.41, 5.74) is 3.88. The van der Waals surface area contributed by atoms with E-state index in [-0.39, 0.29) is 34.8 Å². The van der Waals surface area contributed by atoms with Gasteiger partial charge in [0.2, 0.25) is 0 Å². The van der Waals surface area contributed by atoms with Crippen molar-refractivity contribution in [2.24, 2.45) is 0 Å². The van der Waals surface area contributed by atoms with Crippen LogP contribution in [0.2, 0.25) is 5.02 Å². The first kappa shape index (κ1) is 24.7. The molecule has 1 atom stereocenters. The van der Waals surface area contributed by atoms with Crippen LogP contribution in [0.15, 0.2) is 30.3 Å². The van der Waals surface area contributed by atoms with Crippen LogP contribution in [0.4, 0.5) is 0 Å². The van der Waals surface area contributed by atoms with Crippen molar-refractivity contribution < 1.29 is 14.4 Å². The first-order valence-electron chi connectivity index (χ1n) is 11.4. The van der Waals surface area contributed by atoms with Crippen molar-refractivity contribution in [3.8, 4) is 0 Å². The normalized spacial score (nSPS) is 15.2. The zero-order chi connectivity index (χ0) is 24.0. The Morgan fingerprint density at radius 1 is 0.939 bits per heavy atom. The monoisotopic (exact) mass is 470 g/mol. The van der Waals surface area contributed by atoms with Crippen LogP contribution in [0.3, 0.4) is 0 Å². The van der Waals surface area contributed by atoms with E-state index in [1.165, 1.54) is 0 Å². The second kappa shape index (κ2) is 11.3. The highest BCUT2D eigenvalue weighted by Crippen LogP contribution is 2.37. The van der Waals surface area contributed by atoms with Gasteiger partial charge in [0.05, 0.1) is 16.1 Å². The maximum atomic E-state index is 12.9. The molecule has 0 aliphatic carbocycles. The number of halogens is 1. The van der Waals surface area contributed by atoms with Gasteiger partial charge in [-0.25, -0.2) is 0 Å². The van der Waals surface area contributed by atoms with Crippen molar-refractivity contribution in [3.63, 3.8) is 0 Å². The van der Waals surface area contributed by atoms with Crippen LogP contribution in [-0.2, 0) is 6.42 Å². The third-order valence-corrected chi connectivity index (χ3v) is 6.15. The van der Waals surface area contributed by atoms with Crippen LogP contribution in [0.5, 0.6) is 0 Å². The van der Waals surface area contributed by atoms with Crippen LogP contribution in [-0.4, -0.2) is 50.4 Å². The molecule has 0 saturated heterocycles. The Bertz CT molecular complexity index is 1040. The molecule has 0 unspecified atom stereocenters. The minimum atomic E-state index is -0.355. The first-order valence-corrected chi connectivity index (χ1v) is 11.8. The van der Waals surface area contributed by atoms with Gasteiger partial charge in [-0.15, -0.1) is 0 Å². The predicted molar refractivity (Wildman–Crippen MR) is 130 cm³/mol. The van der Waals surface area contributed by atoms with Crippen molar-refractivity contribution >= 4 is 29.3 Å². The molecule has 0 radical (unpaired) electrons. The van der Waals surface area contributed by atoms with E-state index in [4.69, 9.17) is 11.6 Å². The molecule has 0 fully saturated rings.